The minimum absolute atomic E-state index is 0.278. The van der Waals surface area contributed by atoms with E-state index in [1.165, 1.54) is 20.8 Å². The number of ether oxygens (including phenoxy) is 1. The normalized spacial score (nSPS) is 13.3. The van der Waals surface area contributed by atoms with Crippen LogP contribution in [0.25, 0.3) is 0 Å². The predicted molar refractivity (Wildman–Crippen MR) is 75.8 cm³/mol. The Hall–Kier alpha value is -2.46. The highest BCUT2D eigenvalue weighted by atomic mass is 19.4. The maximum Gasteiger partial charge on any atom is 0.419 e. The molecule has 1 atom stereocenters. The SMILES string of the molecule is CC(C)(C)OC(=O)NC(Cc1c(F)cc(C(F)(F)F)c(F)c1F)C(=O)O. The van der Waals surface area contributed by atoms with Gasteiger partial charge in [-0.2, -0.15) is 13.2 Å². The average molecular weight is 387 g/mol. The number of carboxylic acid groups (broad SMARTS) is 1. The summed E-state index contributed by atoms with van der Waals surface area (Å²) in [5, 5.41) is 10.8. The van der Waals surface area contributed by atoms with Crippen molar-refractivity contribution in [3.05, 3.63) is 34.6 Å². The molecular weight excluding hydrogens is 372 g/mol. The van der Waals surface area contributed by atoms with E-state index in [-0.39, 0.29) is 6.07 Å². The van der Waals surface area contributed by atoms with Crippen molar-refractivity contribution < 1.29 is 45.8 Å². The van der Waals surface area contributed by atoms with Crippen LogP contribution in [0.2, 0.25) is 0 Å². The maximum absolute atomic E-state index is 13.8. The average Bonchev–Trinajstić information content (AvgIpc) is 2.42. The van der Waals surface area contributed by atoms with Crippen LogP contribution < -0.4 is 5.32 Å². The van der Waals surface area contributed by atoms with Crippen LogP contribution >= 0.6 is 0 Å². The number of hydrogen-bond acceptors (Lipinski definition) is 3. The van der Waals surface area contributed by atoms with E-state index < -0.39 is 64.9 Å². The number of carbonyl (C=O) groups is 2. The summed E-state index contributed by atoms with van der Waals surface area (Å²) in [7, 11) is 0. The highest BCUT2D eigenvalue weighted by molar-refractivity contribution is 5.80. The number of carbonyl (C=O) groups excluding carboxylic acids is 1. The number of alkyl halides is 3. The molecule has 1 amide bonds. The number of halogens is 6. The molecule has 0 aromatic heterocycles. The van der Waals surface area contributed by atoms with Crippen LogP contribution in [0.1, 0.15) is 31.9 Å². The molecule has 1 aromatic carbocycles. The summed E-state index contributed by atoms with van der Waals surface area (Å²) < 4.78 is 83.5. The van der Waals surface area contributed by atoms with E-state index in [2.05, 4.69) is 0 Å². The third-order valence-electron chi connectivity index (χ3n) is 2.96. The van der Waals surface area contributed by atoms with Gasteiger partial charge >= 0.3 is 18.2 Å². The summed E-state index contributed by atoms with van der Waals surface area (Å²) in [6.45, 7) is 4.40. The van der Waals surface area contributed by atoms with Crippen LogP contribution in [0.3, 0.4) is 0 Å². The van der Waals surface area contributed by atoms with Gasteiger partial charge in [-0.1, -0.05) is 0 Å². The van der Waals surface area contributed by atoms with Gasteiger partial charge in [0.15, 0.2) is 11.6 Å². The van der Waals surface area contributed by atoms with Gasteiger partial charge in [-0.3, -0.25) is 0 Å². The van der Waals surface area contributed by atoms with Crippen LogP contribution in [-0.2, 0) is 22.1 Å². The second-order valence-corrected chi connectivity index (χ2v) is 6.25. The molecule has 0 spiro atoms. The zero-order chi connectivity index (χ0) is 20.4. The van der Waals surface area contributed by atoms with Crippen molar-refractivity contribution in [3.8, 4) is 0 Å². The van der Waals surface area contributed by atoms with Gasteiger partial charge in [0, 0.05) is 12.0 Å². The number of carboxylic acids is 1. The van der Waals surface area contributed by atoms with Crippen LogP contribution in [0.15, 0.2) is 6.07 Å². The smallest absolute Gasteiger partial charge is 0.419 e. The first-order chi connectivity index (χ1) is 11.6. The second-order valence-electron chi connectivity index (χ2n) is 6.25. The molecule has 0 radical (unpaired) electrons. The van der Waals surface area contributed by atoms with Gasteiger partial charge in [-0.25, -0.2) is 22.8 Å². The quantitative estimate of drug-likeness (QED) is 0.611. The number of nitrogens with one attached hydrogen (secondary N) is 1. The lowest BCUT2D eigenvalue weighted by molar-refractivity contribution is -0.141. The molecule has 11 heteroatoms. The number of benzene rings is 1. The van der Waals surface area contributed by atoms with E-state index >= 15 is 0 Å². The predicted octanol–water partition coefficient (Wildman–Crippen LogP) is 3.64. The van der Waals surface area contributed by atoms with E-state index in [0.717, 1.165) is 0 Å². The molecule has 0 saturated carbocycles. The molecule has 0 bridgehead atoms. The van der Waals surface area contributed by atoms with Crippen LogP contribution in [0.5, 0.6) is 0 Å². The Morgan fingerprint density at radius 2 is 1.69 bits per heavy atom. The molecule has 146 valence electrons. The molecule has 1 aromatic rings. The fourth-order valence-electron chi connectivity index (χ4n) is 1.88. The lowest BCUT2D eigenvalue weighted by Gasteiger charge is -2.22. The van der Waals surface area contributed by atoms with Gasteiger partial charge in [0.2, 0.25) is 0 Å². The Morgan fingerprint density at radius 3 is 2.12 bits per heavy atom. The summed E-state index contributed by atoms with van der Waals surface area (Å²) in [5.74, 6) is -8.10. The number of hydrogen-bond donors (Lipinski definition) is 2. The second kappa shape index (κ2) is 7.42. The van der Waals surface area contributed by atoms with E-state index in [4.69, 9.17) is 9.84 Å². The van der Waals surface area contributed by atoms with Gasteiger partial charge < -0.3 is 15.2 Å². The van der Waals surface area contributed by atoms with Crippen molar-refractivity contribution in [2.75, 3.05) is 0 Å². The number of alkyl carbamates (subject to hydrolysis) is 1. The number of amides is 1. The van der Waals surface area contributed by atoms with E-state index in [1.54, 1.807) is 5.32 Å². The molecule has 1 unspecified atom stereocenters. The molecule has 26 heavy (non-hydrogen) atoms. The first-order valence-electron chi connectivity index (χ1n) is 7.09. The Labute approximate surface area is 143 Å². The minimum atomic E-state index is -5.34. The zero-order valence-electron chi connectivity index (χ0n) is 13.8. The third kappa shape index (κ3) is 5.53. The monoisotopic (exact) mass is 387 g/mol. The summed E-state index contributed by atoms with van der Waals surface area (Å²) in [4.78, 5) is 22.7. The highest BCUT2D eigenvalue weighted by Crippen LogP contribution is 2.34. The largest absolute Gasteiger partial charge is 0.480 e. The van der Waals surface area contributed by atoms with Crippen molar-refractivity contribution in [1.82, 2.24) is 5.32 Å². The van der Waals surface area contributed by atoms with E-state index in [9.17, 15) is 35.9 Å². The zero-order valence-corrected chi connectivity index (χ0v) is 13.8. The standard InChI is InChI=1S/C15H15F6NO4/c1-14(2,3)26-13(25)22-9(12(23)24)4-6-8(16)5-7(15(19,20)21)11(18)10(6)17/h5,9H,4H2,1-3H3,(H,22,25)(H,23,24). The number of rotatable bonds is 4. The van der Waals surface area contributed by atoms with E-state index in [1.807, 2.05) is 0 Å². The summed E-state index contributed by atoms with van der Waals surface area (Å²) >= 11 is 0. The van der Waals surface area contributed by atoms with Gasteiger partial charge in [-0.15, -0.1) is 0 Å². The molecule has 1 rings (SSSR count). The Balaban J connectivity index is 3.16. The summed E-state index contributed by atoms with van der Waals surface area (Å²) in [6, 6.07) is -2.25. The highest BCUT2D eigenvalue weighted by Gasteiger charge is 2.38. The van der Waals surface area contributed by atoms with Crippen molar-refractivity contribution in [3.63, 3.8) is 0 Å². The first kappa shape index (κ1) is 21.6. The Bertz CT molecular complexity index is 712. The minimum Gasteiger partial charge on any atom is -0.480 e. The third-order valence-corrected chi connectivity index (χ3v) is 2.96. The van der Waals surface area contributed by atoms with Crippen molar-refractivity contribution in [2.45, 2.75) is 45.0 Å². The van der Waals surface area contributed by atoms with Gasteiger partial charge in [-0.05, 0) is 26.8 Å². The van der Waals surface area contributed by atoms with E-state index in [0.29, 0.717) is 0 Å². The molecule has 0 saturated heterocycles. The van der Waals surface area contributed by atoms with Gasteiger partial charge in [0.25, 0.3) is 0 Å². The fourth-order valence-corrected chi connectivity index (χ4v) is 1.88. The van der Waals surface area contributed by atoms with Crippen LogP contribution in [-0.4, -0.2) is 28.8 Å². The van der Waals surface area contributed by atoms with Crippen molar-refractivity contribution >= 4 is 12.1 Å². The van der Waals surface area contributed by atoms with Crippen LogP contribution in [0, 0.1) is 17.5 Å². The number of aliphatic carboxylic acids is 1. The van der Waals surface area contributed by atoms with Crippen LogP contribution in [0.4, 0.5) is 31.1 Å². The first-order valence-corrected chi connectivity index (χ1v) is 7.09. The molecule has 0 aliphatic heterocycles. The maximum atomic E-state index is 13.8. The van der Waals surface area contributed by atoms with Gasteiger partial charge in [0.1, 0.15) is 17.5 Å². The molecular formula is C15H15F6NO4. The Morgan fingerprint density at radius 1 is 1.15 bits per heavy atom. The topological polar surface area (TPSA) is 75.6 Å². The summed E-state index contributed by atoms with van der Waals surface area (Å²) in [6.07, 6.45) is -7.72. The van der Waals surface area contributed by atoms with Crippen molar-refractivity contribution in [1.29, 1.82) is 0 Å². The fraction of sp³-hybridized carbons (Fsp3) is 0.467. The molecule has 0 aliphatic rings. The molecule has 0 heterocycles. The lowest BCUT2D eigenvalue weighted by atomic mass is 10.0. The van der Waals surface area contributed by atoms with Crippen molar-refractivity contribution in [2.24, 2.45) is 0 Å². The molecule has 2 N–H and O–H groups in total. The summed E-state index contributed by atoms with van der Waals surface area (Å²) in [5.41, 5.74) is -4.42. The van der Waals surface area contributed by atoms with Gasteiger partial charge in [0.05, 0.1) is 5.56 Å². The molecule has 5 nitrogen and oxygen atoms in total. The molecule has 0 fully saturated rings. The molecule has 0 aliphatic carbocycles. The lowest BCUT2D eigenvalue weighted by Crippen LogP contribution is -2.45. The Kier molecular flexibility index (Phi) is 6.16.